The van der Waals surface area contributed by atoms with Crippen molar-refractivity contribution in [3.8, 4) is 17.2 Å². The Morgan fingerprint density at radius 2 is 1.61 bits per heavy atom. The number of hydrogen-bond acceptors (Lipinski definition) is 6. The Kier molecular flexibility index (Phi) is 9.96. The van der Waals surface area contributed by atoms with Gasteiger partial charge >= 0.3 is 12.2 Å². The van der Waals surface area contributed by atoms with Crippen LogP contribution in [0.5, 0.6) is 17.2 Å². The van der Waals surface area contributed by atoms with Crippen molar-refractivity contribution >= 4 is 11.9 Å². The number of alkyl halides is 5. The molecule has 1 saturated heterocycles. The fraction of sp³-hybridized carbons (Fsp3) is 0.548. The van der Waals surface area contributed by atoms with Gasteiger partial charge in [-0.3, -0.25) is 9.69 Å². The van der Waals surface area contributed by atoms with Gasteiger partial charge in [0.25, 0.3) is 12.3 Å². The Balaban J connectivity index is 1.52. The minimum atomic E-state index is -5.60. The molecule has 44 heavy (non-hydrogen) atoms. The topological polar surface area (TPSA) is 97.3 Å². The summed E-state index contributed by atoms with van der Waals surface area (Å²) in [7, 11) is 0. The van der Waals surface area contributed by atoms with Crippen LogP contribution in [-0.2, 0) is 28.8 Å². The van der Waals surface area contributed by atoms with E-state index in [1.807, 2.05) is 0 Å². The van der Waals surface area contributed by atoms with Crippen molar-refractivity contribution in [3.05, 3.63) is 52.6 Å². The lowest BCUT2D eigenvalue weighted by Crippen LogP contribution is -2.48. The number of aryl methyl sites for hydroxylation is 2. The molecule has 13 heteroatoms. The zero-order valence-electron chi connectivity index (χ0n) is 24.9. The van der Waals surface area contributed by atoms with Crippen LogP contribution >= 0.6 is 0 Å². The van der Waals surface area contributed by atoms with E-state index in [0.717, 1.165) is 17.0 Å². The second kappa shape index (κ2) is 13.2. The van der Waals surface area contributed by atoms with E-state index in [1.165, 1.54) is 0 Å². The standard InChI is InChI=1S/C31H37F5N2O6/c1-4-8-19-16-22(30(41,26(32)33)31(34,35)36)17-20(9-5-2)25(19)44-13-7-12-38-27(39)29(6-3,37-28(38)40)21-10-11-23-24(18-21)43-15-14-42-23/h10-11,16-18,26,41H,4-9,12-15H2,1-3H3,(H,37,40). The number of carbonyl (C=O) groups excluding carboxylic acids is 2. The van der Waals surface area contributed by atoms with E-state index in [9.17, 15) is 36.6 Å². The second-order valence-corrected chi connectivity index (χ2v) is 10.9. The number of urea groups is 1. The highest BCUT2D eigenvalue weighted by Gasteiger charge is 2.62. The Labute approximate surface area is 252 Å². The van der Waals surface area contributed by atoms with Gasteiger partial charge in [0.2, 0.25) is 5.60 Å². The maximum absolute atomic E-state index is 13.7. The first-order chi connectivity index (χ1) is 20.8. The van der Waals surface area contributed by atoms with Crippen molar-refractivity contribution in [2.24, 2.45) is 0 Å². The number of fused-ring (bicyclic) bond motifs is 1. The molecule has 2 aromatic carbocycles. The highest BCUT2D eigenvalue weighted by atomic mass is 19.4. The summed E-state index contributed by atoms with van der Waals surface area (Å²) in [6, 6.07) is 6.37. The van der Waals surface area contributed by atoms with Crippen LogP contribution in [0.15, 0.2) is 30.3 Å². The quantitative estimate of drug-likeness (QED) is 0.160. The van der Waals surface area contributed by atoms with Gasteiger partial charge in [0.1, 0.15) is 24.5 Å². The molecule has 2 aromatic rings. The van der Waals surface area contributed by atoms with Gasteiger partial charge in [-0.2, -0.15) is 13.2 Å². The maximum atomic E-state index is 13.7. The summed E-state index contributed by atoms with van der Waals surface area (Å²) in [6.07, 6.45) is -7.83. The number of nitrogens with zero attached hydrogens (tertiary/aromatic N) is 1. The number of halogens is 5. The summed E-state index contributed by atoms with van der Waals surface area (Å²) < 4.78 is 85.5. The molecule has 2 unspecified atom stereocenters. The molecule has 2 N–H and O–H groups in total. The molecule has 4 rings (SSSR count). The molecular formula is C31H37F5N2O6. The first kappa shape index (κ1) is 33.3. The van der Waals surface area contributed by atoms with Crippen molar-refractivity contribution in [2.75, 3.05) is 26.4 Å². The van der Waals surface area contributed by atoms with Gasteiger partial charge in [0.15, 0.2) is 11.5 Å². The Morgan fingerprint density at radius 1 is 1.00 bits per heavy atom. The number of benzene rings is 2. The number of nitrogens with one attached hydrogen (secondary N) is 1. The van der Waals surface area contributed by atoms with Gasteiger partial charge in [0.05, 0.1) is 6.61 Å². The molecule has 3 amide bonds. The lowest BCUT2D eigenvalue weighted by atomic mass is 9.87. The summed E-state index contributed by atoms with van der Waals surface area (Å²) in [4.78, 5) is 27.6. The van der Waals surface area contributed by atoms with E-state index in [2.05, 4.69) is 5.32 Å². The number of rotatable bonds is 13. The van der Waals surface area contributed by atoms with Gasteiger partial charge in [-0.25, -0.2) is 13.6 Å². The second-order valence-electron chi connectivity index (χ2n) is 10.9. The number of imide groups is 1. The Bertz CT molecular complexity index is 1340. The SMILES string of the molecule is CCCc1cc(C(O)(C(F)F)C(F)(F)F)cc(CCC)c1OCCCN1C(=O)NC(CC)(c2ccc3c(c2)OCCO3)C1=O. The van der Waals surface area contributed by atoms with Crippen LogP contribution in [-0.4, -0.2) is 60.9 Å². The molecule has 0 aliphatic carbocycles. The van der Waals surface area contributed by atoms with Gasteiger partial charge in [-0.05, 0) is 72.2 Å². The smallest absolute Gasteiger partial charge is 0.427 e. The largest absolute Gasteiger partial charge is 0.493 e. The summed E-state index contributed by atoms with van der Waals surface area (Å²) >= 11 is 0. The van der Waals surface area contributed by atoms with E-state index in [4.69, 9.17) is 14.2 Å². The molecule has 242 valence electrons. The predicted molar refractivity (Wildman–Crippen MR) is 150 cm³/mol. The number of aliphatic hydroxyl groups is 1. The van der Waals surface area contributed by atoms with Gasteiger partial charge in [0, 0.05) is 6.54 Å². The number of carbonyl (C=O) groups is 2. The van der Waals surface area contributed by atoms with Crippen molar-refractivity contribution in [1.29, 1.82) is 0 Å². The van der Waals surface area contributed by atoms with Crippen molar-refractivity contribution in [3.63, 3.8) is 0 Å². The van der Waals surface area contributed by atoms with Crippen LogP contribution in [0.25, 0.3) is 0 Å². The Morgan fingerprint density at radius 3 is 2.16 bits per heavy atom. The van der Waals surface area contributed by atoms with Gasteiger partial charge < -0.3 is 24.6 Å². The van der Waals surface area contributed by atoms with Crippen molar-refractivity contribution in [2.45, 2.75) is 83.0 Å². The van der Waals surface area contributed by atoms with E-state index in [1.54, 1.807) is 39.0 Å². The molecule has 0 spiro atoms. The predicted octanol–water partition coefficient (Wildman–Crippen LogP) is 6.00. The van der Waals surface area contributed by atoms with Crippen molar-refractivity contribution < 1.29 is 50.9 Å². The third-order valence-corrected chi connectivity index (χ3v) is 7.98. The van der Waals surface area contributed by atoms with E-state index in [-0.39, 0.29) is 55.7 Å². The zero-order chi connectivity index (χ0) is 32.3. The normalized spacial score (nSPS) is 19.7. The first-order valence-electron chi connectivity index (χ1n) is 14.7. The van der Waals surface area contributed by atoms with E-state index >= 15 is 0 Å². The summed E-state index contributed by atoms with van der Waals surface area (Å²) in [5, 5.41) is 13.0. The van der Waals surface area contributed by atoms with Crippen LogP contribution in [0, 0.1) is 0 Å². The molecule has 8 nitrogen and oxygen atoms in total. The first-order valence-corrected chi connectivity index (χ1v) is 14.7. The fourth-order valence-electron chi connectivity index (χ4n) is 5.66. The molecule has 2 heterocycles. The van der Waals surface area contributed by atoms with Gasteiger partial charge in [-0.1, -0.05) is 39.7 Å². The minimum absolute atomic E-state index is 0.000478. The minimum Gasteiger partial charge on any atom is -0.493 e. The van der Waals surface area contributed by atoms with E-state index in [0.29, 0.717) is 43.1 Å². The Hall–Kier alpha value is -3.61. The summed E-state index contributed by atoms with van der Waals surface area (Å²) in [6.45, 7) is 6.10. The maximum Gasteiger partial charge on any atom is 0.427 e. The molecule has 0 bridgehead atoms. The van der Waals surface area contributed by atoms with Crippen LogP contribution in [0.3, 0.4) is 0 Å². The third kappa shape index (κ3) is 6.02. The van der Waals surface area contributed by atoms with Crippen LogP contribution in [0.2, 0.25) is 0 Å². The van der Waals surface area contributed by atoms with Crippen LogP contribution in [0.4, 0.5) is 26.7 Å². The summed E-state index contributed by atoms with van der Waals surface area (Å²) in [5.41, 5.74) is -5.49. The molecular weight excluding hydrogens is 591 g/mol. The molecule has 0 radical (unpaired) electrons. The highest BCUT2D eigenvalue weighted by molar-refractivity contribution is 6.07. The van der Waals surface area contributed by atoms with Crippen molar-refractivity contribution in [1.82, 2.24) is 10.2 Å². The van der Waals surface area contributed by atoms with Crippen LogP contribution in [0.1, 0.15) is 68.7 Å². The number of amides is 3. The molecule has 0 aromatic heterocycles. The number of ether oxygens (including phenoxy) is 3. The molecule has 0 saturated carbocycles. The molecule has 2 atom stereocenters. The fourth-order valence-corrected chi connectivity index (χ4v) is 5.66. The summed E-state index contributed by atoms with van der Waals surface area (Å²) in [5.74, 6) is 0.845. The van der Waals surface area contributed by atoms with Crippen LogP contribution < -0.4 is 19.5 Å². The lowest BCUT2D eigenvalue weighted by molar-refractivity contribution is -0.305. The zero-order valence-corrected chi connectivity index (χ0v) is 24.9. The van der Waals surface area contributed by atoms with E-state index < -0.39 is 41.2 Å². The average molecular weight is 629 g/mol. The monoisotopic (exact) mass is 628 g/mol. The average Bonchev–Trinajstić information content (AvgIpc) is 3.24. The molecule has 1 fully saturated rings. The third-order valence-electron chi connectivity index (χ3n) is 7.98. The lowest BCUT2D eigenvalue weighted by Gasteiger charge is -2.31. The molecule has 2 aliphatic rings. The molecule has 2 aliphatic heterocycles. The number of hydrogen-bond donors (Lipinski definition) is 2. The highest BCUT2D eigenvalue weighted by Crippen LogP contribution is 2.46. The van der Waals surface area contributed by atoms with Gasteiger partial charge in [-0.15, -0.1) is 0 Å².